The van der Waals surface area contributed by atoms with Crippen LogP contribution in [0.5, 0.6) is 0 Å². The molecule has 0 spiro atoms. The molecule has 124 valence electrons. The second-order valence-corrected chi connectivity index (χ2v) is 5.82. The van der Waals surface area contributed by atoms with E-state index in [-0.39, 0.29) is 0 Å². The first-order chi connectivity index (χ1) is 10.6. The molecule has 0 saturated heterocycles. The summed E-state index contributed by atoms with van der Waals surface area (Å²) in [5.74, 6) is 0.894. The third kappa shape index (κ3) is 6.48. The largest absolute Gasteiger partial charge is 0.357 e. The van der Waals surface area contributed by atoms with E-state index < -0.39 is 0 Å². The normalized spacial score (nSPS) is 12.0. The summed E-state index contributed by atoms with van der Waals surface area (Å²) in [5.41, 5.74) is 2.68. The molecule has 1 rings (SSSR count). The Labute approximate surface area is 136 Å². The van der Waals surface area contributed by atoms with Crippen LogP contribution in [0.3, 0.4) is 0 Å². The van der Waals surface area contributed by atoms with Crippen LogP contribution in [-0.4, -0.2) is 43.6 Å². The average Bonchev–Trinajstić information content (AvgIpc) is 2.52. The van der Waals surface area contributed by atoms with Crippen LogP contribution >= 0.6 is 0 Å². The minimum absolute atomic E-state index is 0.567. The van der Waals surface area contributed by atoms with E-state index in [9.17, 15) is 0 Å². The third-order valence-corrected chi connectivity index (χ3v) is 3.89. The summed E-state index contributed by atoms with van der Waals surface area (Å²) in [5, 5.41) is 6.73. The van der Waals surface area contributed by atoms with Crippen molar-refractivity contribution in [2.75, 3.05) is 26.7 Å². The highest BCUT2D eigenvalue weighted by molar-refractivity contribution is 5.79. The highest BCUT2D eigenvalue weighted by Gasteiger charge is 2.04. The summed E-state index contributed by atoms with van der Waals surface area (Å²) in [4.78, 5) is 7.03. The highest BCUT2D eigenvalue weighted by atomic mass is 15.2. The van der Waals surface area contributed by atoms with Crippen LogP contribution in [0.4, 0.5) is 0 Å². The van der Waals surface area contributed by atoms with Gasteiger partial charge in [-0.15, -0.1) is 0 Å². The van der Waals surface area contributed by atoms with Gasteiger partial charge in [0.1, 0.15) is 0 Å². The molecular weight excluding hydrogens is 272 g/mol. The molecule has 2 N–H and O–H groups in total. The van der Waals surface area contributed by atoms with Gasteiger partial charge in [0, 0.05) is 25.7 Å². The molecule has 0 radical (unpaired) electrons. The molecule has 0 aliphatic heterocycles. The van der Waals surface area contributed by atoms with Crippen molar-refractivity contribution in [2.45, 2.75) is 46.7 Å². The van der Waals surface area contributed by atoms with E-state index in [0.29, 0.717) is 6.04 Å². The summed E-state index contributed by atoms with van der Waals surface area (Å²) in [6.45, 7) is 12.2. The van der Waals surface area contributed by atoms with Crippen molar-refractivity contribution in [1.29, 1.82) is 0 Å². The zero-order valence-electron chi connectivity index (χ0n) is 14.8. The zero-order chi connectivity index (χ0) is 16.4. The second-order valence-electron chi connectivity index (χ2n) is 5.82. The molecule has 22 heavy (non-hydrogen) atoms. The molecule has 0 aliphatic rings. The van der Waals surface area contributed by atoms with Gasteiger partial charge in [0.15, 0.2) is 5.96 Å². The van der Waals surface area contributed by atoms with Gasteiger partial charge in [-0.2, -0.15) is 0 Å². The fraction of sp³-hybridized carbons (Fsp3) is 0.611. The average molecular weight is 304 g/mol. The summed E-state index contributed by atoms with van der Waals surface area (Å²) in [6.07, 6.45) is 1.05. The van der Waals surface area contributed by atoms with Gasteiger partial charge in [-0.05, 0) is 45.4 Å². The Balaban J connectivity index is 2.58. The molecule has 0 amide bonds. The smallest absolute Gasteiger partial charge is 0.191 e. The number of aliphatic imine (C=N–C) groups is 1. The van der Waals surface area contributed by atoms with Crippen LogP contribution < -0.4 is 10.6 Å². The van der Waals surface area contributed by atoms with Crippen LogP contribution in [0.1, 0.15) is 38.8 Å². The monoisotopic (exact) mass is 304 g/mol. The lowest BCUT2D eigenvalue weighted by Gasteiger charge is -2.21. The van der Waals surface area contributed by atoms with Crippen LogP contribution in [0.15, 0.2) is 29.3 Å². The number of guanidine groups is 1. The quantitative estimate of drug-likeness (QED) is 0.573. The van der Waals surface area contributed by atoms with E-state index in [1.165, 1.54) is 11.1 Å². The van der Waals surface area contributed by atoms with Gasteiger partial charge in [-0.25, -0.2) is 4.99 Å². The molecule has 0 fully saturated rings. The SMILES string of the molecule is CCNC(=NCc1ccccc1CC)NCCN(C)C(C)C. The number of aryl methyl sites for hydroxylation is 1. The molecule has 0 unspecified atom stereocenters. The van der Waals surface area contributed by atoms with E-state index in [4.69, 9.17) is 4.99 Å². The van der Waals surface area contributed by atoms with E-state index in [1.54, 1.807) is 0 Å². The van der Waals surface area contributed by atoms with Crippen LogP contribution in [0.2, 0.25) is 0 Å². The Morgan fingerprint density at radius 2 is 1.82 bits per heavy atom. The lowest BCUT2D eigenvalue weighted by Crippen LogP contribution is -2.42. The van der Waals surface area contributed by atoms with Crippen LogP contribution in [-0.2, 0) is 13.0 Å². The maximum atomic E-state index is 4.71. The fourth-order valence-corrected chi connectivity index (χ4v) is 2.17. The number of hydrogen-bond donors (Lipinski definition) is 2. The maximum absolute atomic E-state index is 4.71. The first kappa shape index (κ1) is 18.5. The van der Waals surface area contributed by atoms with E-state index >= 15 is 0 Å². The Morgan fingerprint density at radius 3 is 2.41 bits per heavy atom. The third-order valence-electron chi connectivity index (χ3n) is 3.89. The first-order valence-electron chi connectivity index (χ1n) is 8.37. The molecule has 0 atom stereocenters. The predicted octanol–water partition coefficient (Wildman–Crippen LogP) is 2.64. The van der Waals surface area contributed by atoms with Crippen LogP contribution in [0.25, 0.3) is 0 Å². The van der Waals surface area contributed by atoms with Gasteiger partial charge in [0.05, 0.1) is 6.54 Å². The highest BCUT2D eigenvalue weighted by Crippen LogP contribution is 2.10. The Morgan fingerprint density at radius 1 is 1.14 bits per heavy atom. The van der Waals surface area contributed by atoms with Crippen molar-refractivity contribution < 1.29 is 0 Å². The molecule has 0 aromatic heterocycles. The van der Waals surface area contributed by atoms with E-state index in [1.807, 2.05) is 0 Å². The molecule has 4 nitrogen and oxygen atoms in total. The molecular formula is C18H32N4. The Kier molecular flexibility index (Phi) is 8.60. The Bertz CT molecular complexity index is 454. The molecule has 0 heterocycles. The van der Waals surface area contributed by atoms with Gasteiger partial charge >= 0.3 is 0 Å². The molecule has 0 saturated carbocycles. The molecule has 0 bridgehead atoms. The van der Waals surface area contributed by atoms with Gasteiger partial charge in [0.25, 0.3) is 0 Å². The maximum Gasteiger partial charge on any atom is 0.191 e. The predicted molar refractivity (Wildman–Crippen MR) is 96.4 cm³/mol. The van der Waals surface area contributed by atoms with Crippen molar-refractivity contribution in [3.05, 3.63) is 35.4 Å². The standard InChI is InChI=1S/C18H32N4/c1-6-16-10-8-9-11-17(16)14-21-18(19-7-2)20-12-13-22(5)15(3)4/h8-11,15H,6-7,12-14H2,1-5H3,(H2,19,20,21). The first-order valence-corrected chi connectivity index (χ1v) is 8.37. The van der Waals surface area contributed by atoms with Gasteiger partial charge < -0.3 is 15.5 Å². The number of nitrogens with zero attached hydrogens (tertiary/aromatic N) is 2. The minimum atomic E-state index is 0.567. The van der Waals surface area contributed by atoms with Crippen molar-refractivity contribution in [3.63, 3.8) is 0 Å². The number of rotatable bonds is 8. The number of benzene rings is 1. The zero-order valence-corrected chi connectivity index (χ0v) is 14.8. The minimum Gasteiger partial charge on any atom is -0.357 e. The van der Waals surface area contributed by atoms with Crippen molar-refractivity contribution in [1.82, 2.24) is 15.5 Å². The number of hydrogen-bond acceptors (Lipinski definition) is 2. The van der Waals surface area contributed by atoms with E-state index in [0.717, 1.165) is 38.6 Å². The lowest BCUT2D eigenvalue weighted by molar-refractivity contribution is 0.278. The van der Waals surface area contributed by atoms with Crippen molar-refractivity contribution >= 4 is 5.96 Å². The topological polar surface area (TPSA) is 39.7 Å². The lowest BCUT2D eigenvalue weighted by atomic mass is 10.1. The molecule has 1 aromatic rings. The summed E-state index contributed by atoms with van der Waals surface area (Å²) in [6, 6.07) is 9.10. The molecule has 1 aromatic carbocycles. The number of nitrogens with one attached hydrogen (secondary N) is 2. The van der Waals surface area contributed by atoms with Gasteiger partial charge in [-0.3, -0.25) is 0 Å². The molecule has 4 heteroatoms. The Hall–Kier alpha value is -1.55. The van der Waals surface area contributed by atoms with E-state index in [2.05, 4.69) is 74.5 Å². The summed E-state index contributed by atoms with van der Waals surface area (Å²) < 4.78 is 0. The summed E-state index contributed by atoms with van der Waals surface area (Å²) in [7, 11) is 2.15. The van der Waals surface area contributed by atoms with Crippen molar-refractivity contribution in [3.8, 4) is 0 Å². The molecule has 0 aliphatic carbocycles. The van der Waals surface area contributed by atoms with Gasteiger partial charge in [-0.1, -0.05) is 31.2 Å². The van der Waals surface area contributed by atoms with Crippen molar-refractivity contribution in [2.24, 2.45) is 4.99 Å². The summed E-state index contributed by atoms with van der Waals surface area (Å²) >= 11 is 0. The second kappa shape index (κ2) is 10.2. The van der Waals surface area contributed by atoms with Crippen LogP contribution in [0, 0.1) is 0 Å². The fourth-order valence-electron chi connectivity index (χ4n) is 2.17. The van der Waals surface area contributed by atoms with Gasteiger partial charge in [0.2, 0.25) is 0 Å². The number of likely N-dealkylation sites (N-methyl/N-ethyl adjacent to an activating group) is 1.